The van der Waals surface area contributed by atoms with Crippen molar-refractivity contribution >= 4 is 28.9 Å². The molecule has 0 unspecified atom stereocenters. The monoisotopic (exact) mass is 253 g/mol. The van der Waals surface area contributed by atoms with Crippen LogP contribution < -0.4 is 10.5 Å². The summed E-state index contributed by atoms with van der Waals surface area (Å²) in [6, 6.07) is 12.3. The Kier molecular flexibility index (Phi) is 3.22. The summed E-state index contributed by atoms with van der Waals surface area (Å²) in [6.45, 7) is 0. The molecule has 82 valence electrons. The van der Waals surface area contributed by atoms with Crippen molar-refractivity contribution < 1.29 is 4.74 Å². The van der Waals surface area contributed by atoms with Gasteiger partial charge in [-0.2, -0.15) is 0 Å². The average Bonchev–Trinajstić information content (AvgIpc) is 2.27. The molecule has 0 bridgehead atoms. The fourth-order valence-electron chi connectivity index (χ4n) is 1.24. The average molecular weight is 254 g/mol. The van der Waals surface area contributed by atoms with E-state index in [1.54, 1.807) is 30.3 Å². The Balaban J connectivity index is 2.28. The highest BCUT2D eigenvalue weighted by Gasteiger charge is 2.03. The minimum atomic E-state index is 0.452. The maximum Gasteiger partial charge on any atom is 0.150 e. The summed E-state index contributed by atoms with van der Waals surface area (Å²) in [5, 5.41) is 0.948. The molecule has 0 atom stereocenters. The van der Waals surface area contributed by atoms with Crippen LogP contribution in [0.2, 0.25) is 10.0 Å². The Labute approximate surface area is 104 Å². The van der Waals surface area contributed by atoms with Crippen LogP contribution >= 0.6 is 23.2 Å². The van der Waals surface area contributed by atoms with Gasteiger partial charge < -0.3 is 10.5 Å². The molecule has 0 spiro atoms. The van der Waals surface area contributed by atoms with E-state index in [9.17, 15) is 0 Å². The zero-order chi connectivity index (χ0) is 11.5. The molecule has 0 heterocycles. The van der Waals surface area contributed by atoms with E-state index in [-0.39, 0.29) is 0 Å². The number of para-hydroxylation sites is 2. The molecule has 2 aromatic rings. The maximum atomic E-state index is 5.88. The van der Waals surface area contributed by atoms with Gasteiger partial charge in [-0.3, -0.25) is 0 Å². The van der Waals surface area contributed by atoms with E-state index < -0.39 is 0 Å². The molecule has 0 aliphatic rings. The quantitative estimate of drug-likeness (QED) is 0.807. The van der Waals surface area contributed by atoms with Crippen LogP contribution in [0, 0.1) is 0 Å². The van der Waals surface area contributed by atoms with Crippen molar-refractivity contribution in [2.75, 3.05) is 5.73 Å². The second kappa shape index (κ2) is 4.64. The first-order valence-electron chi connectivity index (χ1n) is 4.64. The smallest absolute Gasteiger partial charge is 0.150 e. The highest BCUT2D eigenvalue weighted by molar-refractivity contribution is 6.42. The van der Waals surface area contributed by atoms with Crippen molar-refractivity contribution in [2.45, 2.75) is 0 Å². The van der Waals surface area contributed by atoms with Gasteiger partial charge in [-0.15, -0.1) is 0 Å². The number of benzene rings is 2. The minimum Gasteiger partial charge on any atom is -0.455 e. The third-order valence-corrected chi connectivity index (χ3v) is 2.78. The van der Waals surface area contributed by atoms with Crippen molar-refractivity contribution in [1.82, 2.24) is 0 Å². The molecule has 0 saturated heterocycles. The Bertz CT molecular complexity index is 514. The molecule has 2 N–H and O–H groups in total. The first-order valence-corrected chi connectivity index (χ1v) is 5.40. The molecule has 0 fully saturated rings. The zero-order valence-electron chi connectivity index (χ0n) is 8.28. The van der Waals surface area contributed by atoms with Crippen LogP contribution in [0.4, 0.5) is 5.69 Å². The normalized spacial score (nSPS) is 10.1. The third-order valence-electron chi connectivity index (χ3n) is 2.04. The first kappa shape index (κ1) is 11.1. The Morgan fingerprint density at radius 3 is 2.38 bits per heavy atom. The van der Waals surface area contributed by atoms with Crippen LogP contribution in [0.5, 0.6) is 11.5 Å². The largest absolute Gasteiger partial charge is 0.455 e. The van der Waals surface area contributed by atoms with Crippen molar-refractivity contribution in [2.24, 2.45) is 0 Å². The van der Waals surface area contributed by atoms with Gasteiger partial charge in [0, 0.05) is 6.07 Å². The van der Waals surface area contributed by atoms with Crippen LogP contribution in [0.25, 0.3) is 0 Å². The summed E-state index contributed by atoms with van der Waals surface area (Å²) in [7, 11) is 0. The molecule has 0 aromatic heterocycles. The van der Waals surface area contributed by atoms with E-state index in [0.717, 1.165) is 0 Å². The molecule has 0 saturated carbocycles. The van der Waals surface area contributed by atoms with E-state index in [2.05, 4.69) is 0 Å². The Morgan fingerprint density at radius 2 is 1.69 bits per heavy atom. The molecule has 2 nitrogen and oxygen atoms in total. The van der Waals surface area contributed by atoms with Gasteiger partial charge in [-0.05, 0) is 24.3 Å². The van der Waals surface area contributed by atoms with Gasteiger partial charge in [0.05, 0.1) is 15.7 Å². The van der Waals surface area contributed by atoms with Crippen LogP contribution in [0.1, 0.15) is 0 Å². The lowest BCUT2D eigenvalue weighted by Gasteiger charge is -2.08. The van der Waals surface area contributed by atoms with Crippen LogP contribution in [-0.4, -0.2) is 0 Å². The second-order valence-electron chi connectivity index (χ2n) is 3.22. The van der Waals surface area contributed by atoms with Crippen molar-refractivity contribution in [3.63, 3.8) is 0 Å². The number of rotatable bonds is 2. The number of hydrogen-bond donors (Lipinski definition) is 1. The van der Waals surface area contributed by atoms with E-state index in [4.69, 9.17) is 33.7 Å². The summed E-state index contributed by atoms with van der Waals surface area (Å²) in [5.74, 6) is 1.20. The molecular formula is C12H9Cl2NO. The number of nitrogen functional groups attached to an aromatic ring is 1. The predicted molar refractivity (Wildman–Crippen MR) is 67.4 cm³/mol. The number of nitrogens with two attached hydrogens (primary N) is 1. The van der Waals surface area contributed by atoms with Gasteiger partial charge in [-0.25, -0.2) is 0 Å². The molecule has 16 heavy (non-hydrogen) atoms. The number of halogens is 2. The first-order chi connectivity index (χ1) is 7.66. The molecule has 2 rings (SSSR count). The zero-order valence-corrected chi connectivity index (χ0v) is 9.79. The van der Waals surface area contributed by atoms with Crippen molar-refractivity contribution in [3.05, 3.63) is 52.5 Å². The molecule has 0 aliphatic carbocycles. The topological polar surface area (TPSA) is 35.2 Å². The summed E-state index contributed by atoms with van der Waals surface area (Å²) in [6.07, 6.45) is 0. The van der Waals surface area contributed by atoms with E-state index in [1.165, 1.54) is 0 Å². The van der Waals surface area contributed by atoms with E-state index >= 15 is 0 Å². The van der Waals surface area contributed by atoms with Crippen LogP contribution in [0.3, 0.4) is 0 Å². The van der Waals surface area contributed by atoms with Gasteiger partial charge >= 0.3 is 0 Å². The van der Waals surface area contributed by atoms with E-state index in [0.29, 0.717) is 27.2 Å². The van der Waals surface area contributed by atoms with Gasteiger partial charge in [0.2, 0.25) is 0 Å². The molecule has 0 radical (unpaired) electrons. The minimum absolute atomic E-state index is 0.452. The SMILES string of the molecule is Nc1ccccc1Oc1ccc(Cl)c(Cl)c1. The second-order valence-corrected chi connectivity index (χ2v) is 4.03. The lowest BCUT2D eigenvalue weighted by molar-refractivity contribution is 0.485. The molecular weight excluding hydrogens is 245 g/mol. The fourth-order valence-corrected chi connectivity index (χ4v) is 1.53. The van der Waals surface area contributed by atoms with Crippen LogP contribution in [-0.2, 0) is 0 Å². The van der Waals surface area contributed by atoms with Crippen molar-refractivity contribution in [1.29, 1.82) is 0 Å². The fraction of sp³-hybridized carbons (Fsp3) is 0. The number of anilines is 1. The van der Waals surface area contributed by atoms with Gasteiger partial charge in [0.25, 0.3) is 0 Å². The summed E-state index contributed by atoms with van der Waals surface area (Å²) >= 11 is 11.7. The van der Waals surface area contributed by atoms with E-state index in [1.807, 2.05) is 12.1 Å². The number of hydrogen-bond acceptors (Lipinski definition) is 2. The number of ether oxygens (including phenoxy) is 1. The van der Waals surface area contributed by atoms with Gasteiger partial charge in [0.15, 0.2) is 0 Å². The van der Waals surface area contributed by atoms with Gasteiger partial charge in [-0.1, -0.05) is 35.3 Å². The molecule has 4 heteroatoms. The molecule has 0 amide bonds. The lowest BCUT2D eigenvalue weighted by Crippen LogP contribution is -1.91. The summed E-state index contributed by atoms with van der Waals surface area (Å²) in [5.41, 5.74) is 6.33. The van der Waals surface area contributed by atoms with Gasteiger partial charge in [0.1, 0.15) is 11.5 Å². The lowest BCUT2D eigenvalue weighted by atomic mass is 10.3. The highest BCUT2D eigenvalue weighted by atomic mass is 35.5. The third kappa shape index (κ3) is 2.40. The van der Waals surface area contributed by atoms with Crippen LogP contribution in [0.15, 0.2) is 42.5 Å². The standard InChI is InChI=1S/C12H9Cl2NO/c13-9-6-5-8(7-10(9)14)16-12-4-2-1-3-11(12)15/h1-7H,15H2. The predicted octanol–water partition coefficient (Wildman–Crippen LogP) is 4.37. The molecule has 2 aromatic carbocycles. The maximum absolute atomic E-state index is 5.88. The molecule has 0 aliphatic heterocycles. The van der Waals surface area contributed by atoms with Crippen molar-refractivity contribution in [3.8, 4) is 11.5 Å². The Morgan fingerprint density at radius 1 is 0.938 bits per heavy atom. The summed E-state index contributed by atoms with van der Waals surface area (Å²) < 4.78 is 5.58. The highest BCUT2D eigenvalue weighted by Crippen LogP contribution is 2.31. The summed E-state index contributed by atoms with van der Waals surface area (Å²) in [4.78, 5) is 0. The Hall–Kier alpha value is -1.38.